The minimum Gasteiger partial charge on any atom is -0.448 e. The van der Waals surface area contributed by atoms with Crippen molar-refractivity contribution in [3.63, 3.8) is 0 Å². The van der Waals surface area contributed by atoms with Crippen LogP contribution in [0, 0.1) is 5.38 Å². The van der Waals surface area contributed by atoms with Crippen molar-refractivity contribution in [1.29, 1.82) is 0 Å². The second-order valence-electron chi connectivity index (χ2n) is 4.07. The van der Waals surface area contributed by atoms with Gasteiger partial charge in [0.05, 0.1) is 5.38 Å². The third-order valence-electron chi connectivity index (χ3n) is 1.76. The monoisotopic (exact) mass is 207 g/mol. The van der Waals surface area contributed by atoms with Crippen molar-refractivity contribution in [3.8, 4) is 10.7 Å². The standard InChI is InChI=1S/C10H11N2OS/c1-10(2,3)9-12-7(6-13-9)8-11-4-5-14-8/h4,6H,1-3H3. The Morgan fingerprint density at radius 3 is 2.71 bits per heavy atom. The average molecular weight is 207 g/mol. The average Bonchev–Trinajstić information content (AvgIpc) is 2.73. The fourth-order valence-corrected chi connectivity index (χ4v) is 1.55. The van der Waals surface area contributed by atoms with E-state index in [9.17, 15) is 0 Å². The molecule has 0 aromatic carbocycles. The van der Waals surface area contributed by atoms with Crippen molar-refractivity contribution in [2.24, 2.45) is 0 Å². The molecule has 0 saturated heterocycles. The molecule has 2 aromatic heterocycles. The van der Waals surface area contributed by atoms with Crippen molar-refractivity contribution in [2.45, 2.75) is 26.2 Å². The Hall–Kier alpha value is -1.16. The minimum absolute atomic E-state index is 0.0563. The Morgan fingerprint density at radius 2 is 2.21 bits per heavy atom. The molecule has 0 bridgehead atoms. The molecule has 0 saturated carbocycles. The summed E-state index contributed by atoms with van der Waals surface area (Å²) in [7, 11) is 0. The molecule has 14 heavy (non-hydrogen) atoms. The number of aromatic nitrogens is 2. The number of thiazole rings is 1. The van der Waals surface area contributed by atoms with Gasteiger partial charge in [0.25, 0.3) is 0 Å². The highest BCUT2D eigenvalue weighted by Gasteiger charge is 2.21. The molecule has 0 atom stereocenters. The summed E-state index contributed by atoms with van der Waals surface area (Å²) in [5, 5.41) is 3.78. The molecule has 0 N–H and O–H groups in total. The van der Waals surface area contributed by atoms with Gasteiger partial charge in [-0.3, -0.25) is 0 Å². The molecule has 0 aliphatic carbocycles. The molecule has 0 spiro atoms. The van der Waals surface area contributed by atoms with Crippen molar-refractivity contribution in [2.75, 3.05) is 0 Å². The Balaban J connectivity index is 2.36. The van der Waals surface area contributed by atoms with Gasteiger partial charge in [-0.2, -0.15) is 0 Å². The molecule has 0 aliphatic rings. The van der Waals surface area contributed by atoms with Crippen LogP contribution in [0.5, 0.6) is 0 Å². The summed E-state index contributed by atoms with van der Waals surface area (Å²) in [5.41, 5.74) is 0.736. The largest absolute Gasteiger partial charge is 0.448 e. The van der Waals surface area contributed by atoms with Crippen LogP contribution in [0.25, 0.3) is 10.7 Å². The van der Waals surface area contributed by atoms with Gasteiger partial charge < -0.3 is 4.42 Å². The molecule has 3 nitrogen and oxygen atoms in total. The van der Waals surface area contributed by atoms with Crippen LogP contribution in [0.4, 0.5) is 0 Å². The van der Waals surface area contributed by atoms with Crippen molar-refractivity contribution in [3.05, 3.63) is 23.7 Å². The Labute approximate surface area is 86.8 Å². The number of hydrogen-bond donors (Lipinski definition) is 0. The van der Waals surface area contributed by atoms with Gasteiger partial charge in [0, 0.05) is 11.6 Å². The molecule has 1 radical (unpaired) electrons. The molecule has 2 aromatic rings. The first-order valence-corrected chi connectivity index (χ1v) is 5.17. The van der Waals surface area contributed by atoms with Crippen LogP contribution in [-0.2, 0) is 5.41 Å². The predicted octanol–water partition coefficient (Wildman–Crippen LogP) is 2.90. The minimum atomic E-state index is -0.0563. The smallest absolute Gasteiger partial charge is 0.200 e. The molecule has 0 unspecified atom stereocenters. The van der Waals surface area contributed by atoms with Crippen molar-refractivity contribution in [1.82, 2.24) is 9.97 Å². The molecule has 73 valence electrons. The van der Waals surface area contributed by atoms with Gasteiger partial charge in [-0.25, -0.2) is 9.97 Å². The quantitative estimate of drug-likeness (QED) is 0.721. The van der Waals surface area contributed by atoms with E-state index >= 15 is 0 Å². The van der Waals surface area contributed by atoms with Crippen LogP contribution in [0.3, 0.4) is 0 Å². The summed E-state index contributed by atoms with van der Waals surface area (Å²) in [6.45, 7) is 6.20. The van der Waals surface area contributed by atoms with Crippen LogP contribution < -0.4 is 0 Å². The van der Waals surface area contributed by atoms with Gasteiger partial charge in [-0.1, -0.05) is 20.8 Å². The lowest BCUT2D eigenvalue weighted by molar-refractivity contribution is 0.392. The van der Waals surface area contributed by atoms with E-state index in [1.54, 1.807) is 12.5 Å². The first-order chi connectivity index (χ1) is 6.57. The highest BCUT2D eigenvalue weighted by atomic mass is 32.1. The van der Waals surface area contributed by atoms with Crippen LogP contribution >= 0.6 is 11.3 Å². The summed E-state index contributed by atoms with van der Waals surface area (Å²) in [6, 6.07) is 0. The molecule has 0 amide bonds. The number of nitrogens with zero attached hydrogens (tertiary/aromatic N) is 2. The SMILES string of the molecule is CC(C)(C)c1nc(-c2nc[c]s2)co1. The zero-order valence-electron chi connectivity index (χ0n) is 8.37. The van der Waals surface area contributed by atoms with E-state index in [0.29, 0.717) is 0 Å². The first-order valence-electron chi connectivity index (χ1n) is 4.35. The highest BCUT2D eigenvalue weighted by molar-refractivity contribution is 7.12. The van der Waals surface area contributed by atoms with E-state index in [0.717, 1.165) is 16.6 Å². The van der Waals surface area contributed by atoms with E-state index < -0.39 is 0 Å². The van der Waals surface area contributed by atoms with E-state index in [4.69, 9.17) is 4.42 Å². The fourth-order valence-electron chi connectivity index (χ4n) is 1.03. The van der Waals surface area contributed by atoms with Crippen LogP contribution in [0.15, 0.2) is 16.9 Å². The van der Waals surface area contributed by atoms with Gasteiger partial charge in [0.15, 0.2) is 5.89 Å². The highest BCUT2D eigenvalue weighted by Crippen LogP contribution is 2.26. The van der Waals surface area contributed by atoms with Crippen molar-refractivity contribution < 1.29 is 4.42 Å². The Bertz CT molecular complexity index is 412. The molecule has 0 aliphatic heterocycles. The van der Waals surface area contributed by atoms with Gasteiger partial charge in [-0.05, 0) is 0 Å². The number of oxazole rings is 1. The lowest BCUT2D eigenvalue weighted by atomic mass is 9.97. The topological polar surface area (TPSA) is 38.9 Å². The van der Waals surface area contributed by atoms with Crippen molar-refractivity contribution >= 4 is 11.3 Å². The van der Waals surface area contributed by atoms with E-state index in [1.165, 1.54) is 11.3 Å². The molecule has 4 heteroatoms. The van der Waals surface area contributed by atoms with Crippen LogP contribution in [0.2, 0.25) is 0 Å². The van der Waals surface area contributed by atoms with Crippen LogP contribution in [0.1, 0.15) is 26.7 Å². The summed E-state index contributed by atoms with van der Waals surface area (Å²) < 4.78 is 5.39. The van der Waals surface area contributed by atoms with Gasteiger partial charge >= 0.3 is 0 Å². The summed E-state index contributed by atoms with van der Waals surface area (Å²) in [4.78, 5) is 8.51. The van der Waals surface area contributed by atoms with E-state index in [2.05, 4.69) is 36.1 Å². The maximum absolute atomic E-state index is 5.39. The van der Waals surface area contributed by atoms with Gasteiger partial charge in [0.1, 0.15) is 17.0 Å². The third kappa shape index (κ3) is 1.70. The van der Waals surface area contributed by atoms with E-state index in [-0.39, 0.29) is 5.41 Å². The normalized spacial score (nSPS) is 11.9. The third-order valence-corrected chi connectivity index (χ3v) is 2.49. The molecule has 2 heterocycles. The molecular formula is C10H11N2OS. The molecule has 0 fully saturated rings. The zero-order chi connectivity index (χ0) is 10.2. The molecule has 2 rings (SSSR count). The van der Waals surface area contributed by atoms with Gasteiger partial charge in [0.2, 0.25) is 0 Å². The lowest BCUT2D eigenvalue weighted by Crippen LogP contribution is -2.11. The van der Waals surface area contributed by atoms with Crippen LogP contribution in [-0.4, -0.2) is 9.97 Å². The summed E-state index contributed by atoms with van der Waals surface area (Å²) in [5.74, 6) is 0.739. The first kappa shape index (κ1) is 9.40. The Morgan fingerprint density at radius 1 is 1.43 bits per heavy atom. The summed E-state index contributed by atoms with van der Waals surface area (Å²) in [6.07, 6.45) is 3.29. The predicted molar refractivity (Wildman–Crippen MR) is 55.1 cm³/mol. The maximum atomic E-state index is 5.39. The summed E-state index contributed by atoms with van der Waals surface area (Å²) >= 11 is 1.44. The number of rotatable bonds is 1. The van der Waals surface area contributed by atoms with Gasteiger partial charge in [-0.15, -0.1) is 11.3 Å². The second-order valence-corrected chi connectivity index (χ2v) is 4.90. The Kier molecular flexibility index (Phi) is 2.15. The van der Waals surface area contributed by atoms with E-state index in [1.807, 2.05) is 0 Å². The number of hydrogen-bond acceptors (Lipinski definition) is 4. The molecular weight excluding hydrogens is 196 g/mol. The zero-order valence-corrected chi connectivity index (χ0v) is 9.18. The second kappa shape index (κ2) is 3.20. The lowest BCUT2D eigenvalue weighted by Gasteiger charge is -2.11. The maximum Gasteiger partial charge on any atom is 0.200 e. The fraction of sp³-hybridized carbons (Fsp3) is 0.400.